The van der Waals surface area contributed by atoms with Crippen molar-refractivity contribution in [2.45, 2.75) is 13.8 Å². The Hall–Kier alpha value is -2.16. The number of hydrogen-bond donors (Lipinski definition) is 0. The maximum Gasteiger partial charge on any atom is 0.330 e. The van der Waals surface area contributed by atoms with Crippen molar-refractivity contribution in [2.75, 3.05) is 6.61 Å². The van der Waals surface area contributed by atoms with Crippen molar-refractivity contribution in [1.29, 1.82) is 0 Å². The predicted molar refractivity (Wildman–Crippen MR) is 72.1 cm³/mol. The number of carbonyl (C=O) groups is 1. The van der Waals surface area contributed by atoms with E-state index in [-0.39, 0.29) is 5.97 Å². The molecule has 0 fully saturated rings. The molecule has 0 aliphatic carbocycles. The van der Waals surface area contributed by atoms with E-state index in [1.54, 1.807) is 19.2 Å². The molecule has 0 atom stereocenters. The van der Waals surface area contributed by atoms with Gasteiger partial charge in [0.15, 0.2) is 0 Å². The summed E-state index contributed by atoms with van der Waals surface area (Å²) in [5.74, 6) is -0.343. The van der Waals surface area contributed by atoms with Crippen molar-refractivity contribution in [3.8, 4) is 0 Å². The van der Waals surface area contributed by atoms with E-state index in [4.69, 9.17) is 4.74 Å². The third-order valence-electron chi connectivity index (χ3n) is 2.69. The first-order valence-corrected chi connectivity index (χ1v) is 5.91. The minimum absolute atomic E-state index is 0.343. The summed E-state index contributed by atoms with van der Waals surface area (Å²) in [5.41, 5.74) is 1.93. The second-order valence-corrected chi connectivity index (χ2v) is 3.95. The van der Waals surface area contributed by atoms with Gasteiger partial charge in [-0.15, -0.1) is 0 Å². The normalized spacial score (nSPS) is 11.0. The van der Waals surface area contributed by atoms with Crippen LogP contribution in [0.1, 0.15) is 18.2 Å². The number of aryl methyl sites for hydroxylation is 1. The van der Waals surface area contributed by atoms with E-state index >= 15 is 0 Å². The molecular weight excluding hydrogens is 226 g/mol. The molecule has 0 aliphatic rings. The van der Waals surface area contributed by atoms with Crippen molar-refractivity contribution in [3.63, 3.8) is 0 Å². The number of rotatable bonds is 3. The van der Waals surface area contributed by atoms with Gasteiger partial charge < -0.3 is 4.74 Å². The summed E-state index contributed by atoms with van der Waals surface area (Å²) in [5, 5.41) is 2.19. The fourth-order valence-corrected chi connectivity index (χ4v) is 1.91. The summed E-state index contributed by atoms with van der Waals surface area (Å²) < 4.78 is 4.85. The van der Waals surface area contributed by atoms with E-state index < -0.39 is 0 Å². The van der Waals surface area contributed by atoms with Gasteiger partial charge >= 0.3 is 5.97 Å². The van der Waals surface area contributed by atoms with Crippen molar-refractivity contribution >= 4 is 22.8 Å². The number of carbonyl (C=O) groups excluding carboxylic acids is 1. The Morgan fingerprint density at radius 3 is 3.00 bits per heavy atom. The maximum absolute atomic E-state index is 11.3. The van der Waals surface area contributed by atoms with Crippen molar-refractivity contribution in [2.24, 2.45) is 0 Å². The quantitative estimate of drug-likeness (QED) is 0.612. The Morgan fingerprint density at radius 1 is 1.39 bits per heavy atom. The molecule has 0 saturated heterocycles. The molecule has 0 aliphatic heterocycles. The van der Waals surface area contributed by atoms with E-state index in [1.165, 1.54) is 6.08 Å². The molecule has 0 spiro atoms. The Balaban J connectivity index is 2.42. The minimum Gasteiger partial charge on any atom is -0.463 e. The number of nitrogens with zero attached hydrogens (tertiary/aromatic N) is 1. The molecule has 0 amide bonds. The van der Waals surface area contributed by atoms with Crippen LogP contribution in [0.25, 0.3) is 16.8 Å². The van der Waals surface area contributed by atoms with E-state index in [2.05, 4.69) is 4.98 Å². The van der Waals surface area contributed by atoms with Gasteiger partial charge in [-0.1, -0.05) is 18.2 Å². The molecule has 2 aromatic rings. The lowest BCUT2D eigenvalue weighted by molar-refractivity contribution is -0.137. The highest BCUT2D eigenvalue weighted by Crippen LogP contribution is 2.21. The molecule has 0 radical (unpaired) electrons. The first-order valence-electron chi connectivity index (χ1n) is 5.91. The SMILES string of the molecule is CCOC(=O)/C=C/c1nccc2cccc(C)c12. The number of hydrogen-bond acceptors (Lipinski definition) is 3. The molecule has 1 aromatic carbocycles. The zero-order valence-electron chi connectivity index (χ0n) is 10.5. The number of benzene rings is 1. The van der Waals surface area contributed by atoms with Crippen LogP contribution in [0.15, 0.2) is 36.5 Å². The topological polar surface area (TPSA) is 39.2 Å². The number of pyridine rings is 1. The van der Waals surface area contributed by atoms with E-state index in [0.29, 0.717) is 6.61 Å². The van der Waals surface area contributed by atoms with Gasteiger partial charge in [0.05, 0.1) is 12.3 Å². The number of ether oxygens (including phenoxy) is 1. The molecular formula is C15H15NO2. The average Bonchev–Trinajstić information content (AvgIpc) is 2.37. The van der Waals surface area contributed by atoms with Gasteiger partial charge in [0, 0.05) is 17.7 Å². The Bertz CT molecular complexity index is 597. The van der Waals surface area contributed by atoms with Crippen LogP contribution in [0.4, 0.5) is 0 Å². The largest absolute Gasteiger partial charge is 0.463 e. The smallest absolute Gasteiger partial charge is 0.330 e. The lowest BCUT2D eigenvalue weighted by Crippen LogP contribution is -1.99. The summed E-state index contributed by atoms with van der Waals surface area (Å²) in [6.07, 6.45) is 4.86. The third kappa shape index (κ3) is 2.56. The fraction of sp³-hybridized carbons (Fsp3) is 0.200. The zero-order valence-corrected chi connectivity index (χ0v) is 10.5. The molecule has 0 saturated carbocycles. The van der Waals surface area contributed by atoms with Crippen molar-refractivity contribution in [1.82, 2.24) is 4.98 Å². The summed E-state index contributed by atoms with van der Waals surface area (Å²) in [6.45, 7) is 4.20. The summed E-state index contributed by atoms with van der Waals surface area (Å²) in [6, 6.07) is 8.04. The van der Waals surface area contributed by atoms with Gasteiger partial charge in [-0.3, -0.25) is 4.98 Å². The molecule has 3 nitrogen and oxygen atoms in total. The molecule has 1 heterocycles. The predicted octanol–water partition coefficient (Wildman–Crippen LogP) is 3.12. The van der Waals surface area contributed by atoms with Crippen LogP contribution < -0.4 is 0 Å². The average molecular weight is 241 g/mol. The number of aromatic nitrogens is 1. The second kappa shape index (κ2) is 5.45. The summed E-state index contributed by atoms with van der Waals surface area (Å²) >= 11 is 0. The highest BCUT2D eigenvalue weighted by molar-refractivity contribution is 5.95. The molecule has 3 heteroatoms. The van der Waals surface area contributed by atoms with Crippen LogP contribution in [-0.4, -0.2) is 17.6 Å². The van der Waals surface area contributed by atoms with Crippen LogP contribution in [-0.2, 0) is 9.53 Å². The monoisotopic (exact) mass is 241 g/mol. The van der Waals surface area contributed by atoms with Crippen LogP contribution in [0.5, 0.6) is 0 Å². The molecule has 0 unspecified atom stereocenters. The minimum atomic E-state index is -0.343. The van der Waals surface area contributed by atoms with Crippen molar-refractivity contribution < 1.29 is 9.53 Å². The van der Waals surface area contributed by atoms with E-state index in [1.807, 2.05) is 31.2 Å². The first kappa shape index (κ1) is 12.3. The lowest BCUT2D eigenvalue weighted by atomic mass is 10.0. The third-order valence-corrected chi connectivity index (χ3v) is 2.69. The van der Waals surface area contributed by atoms with Crippen molar-refractivity contribution in [3.05, 3.63) is 47.8 Å². The Labute approximate surface area is 106 Å². The molecule has 0 bridgehead atoms. The van der Waals surface area contributed by atoms with Gasteiger partial charge in [0.1, 0.15) is 0 Å². The number of fused-ring (bicyclic) bond motifs is 1. The summed E-state index contributed by atoms with van der Waals surface area (Å²) in [4.78, 5) is 15.6. The molecule has 1 aromatic heterocycles. The highest BCUT2D eigenvalue weighted by atomic mass is 16.5. The lowest BCUT2D eigenvalue weighted by Gasteiger charge is -2.04. The van der Waals surface area contributed by atoms with Crippen LogP contribution in [0, 0.1) is 6.92 Å². The van der Waals surface area contributed by atoms with Gasteiger partial charge in [0.25, 0.3) is 0 Å². The van der Waals surface area contributed by atoms with E-state index in [0.717, 1.165) is 22.0 Å². The van der Waals surface area contributed by atoms with Gasteiger partial charge in [0.2, 0.25) is 0 Å². The zero-order chi connectivity index (χ0) is 13.0. The molecule has 92 valence electrons. The summed E-state index contributed by atoms with van der Waals surface area (Å²) in [7, 11) is 0. The van der Waals surface area contributed by atoms with Crippen LogP contribution in [0.3, 0.4) is 0 Å². The van der Waals surface area contributed by atoms with Gasteiger partial charge in [-0.25, -0.2) is 4.79 Å². The van der Waals surface area contributed by atoms with Gasteiger partial charge in [-0.05, 0) is 36.9 Å². The maximum atomic E-state index is 11.3. The first-order chi connectivity index (χ1) is 8.72. The highest BCUT2D eigenvalue weighted by Gasteiger charge is 2.03. The number of esters is 1. The standard InChI is InChI=1S/C15H15NO2/c1-3-18-14(17)8-7-13-15-11(2)5-4-6-12(15)9-10-16-13/h4-10H,3H2,1-2H3/b8-7+. The van der Waals surface area contributed by atoms with Crippen LogP contribution in [0.2, 0.25) is 0 Å². The fourth-order valence-electron chi connectivity index (χ4n) is 1.91. The molecule has 2 rings (SSSR count). The van der Waals surface area contributed by atoms with Crippen LogP contribution >= 0.6 is 0 Å². The second-order valence-electron chi connectivity index (χ2n) is 3.95. The molecule has 18 heavy (non-hydrogen) atoms. The van der Waals surface area contributed by atoms with Gasteiger partial charge in [-0.2, -0.15) is 0 Å². The Kier molecular flexibility index (Phi) is 3.72. The molecule has 0 N–H and O–H groups in total. The Morgan fingerprint density at radius 2 is 2.22 bits per heavy atom. The van der Waals surface area contributed by atoms with E-state index in [9.17, 15) is 4.79 Å².